The van der Waals surface area contributed by atoms with E-state index >= 15 is 0 Å². The lowest BCUT2D eigenvalue weighted by atomic mass is 10.1. The predicted octanol–water partition coefficient (Wildman–Crippen LogP) is 3.79. The number of hydrogen-bond donors (Lipinski definition) is 1. The SMILES string of the molecule is Cc1nc(NC2CC2)ncc1-c1ccc(Br)cc1. The van der Waals surface area contributed by atoms with Crippen molar-refractivity contribution in [1.82, 2.24) is 9.97 Å². The molecule has 1 N–H and O–H groups in total. The molecule has 1 aliphatic rings. The standard InChI is InChI=1S/C14H14BrN3/c1-9-13(10-2-4-11(15)5-3-10)8-16-14(17-9)18-12-6-7-12/h2-5,8,12H,6-7H2,1H3,(H,16,17,18). The Labute approximate surface area is 115 Å². The minimum absolute atomic E-state index is 0.586. The van der Waals surface area contributed by atoms with Gasteiger partial charge in [-0.15, -0.1) is 0 Å². The van der Waals surface area contributed by atoms with E-state index in [2.05, 4.69) is 43.3 Å². The van der Waals surface area contributed by atoms with E-state index in [9.17, 15) is 0 Å². The van der Waals surface area contributed by atoms with Crippen LogP contribution in [-0.2, 0) is 0 Å². The number of benzene rings is 1. The molecule has 92 valence electrons. The van der Waals surface area contributed by atoms with Crippen LogP contribution in [0, 0.1) is 6.92 Å². The van der Waals surface area contributed by atoms with E-state index < -0.39 is 0 Å². The number of nitrogens with zero attached hydrogens (tertiary/aromatic N) is 2. The number of nitrogens with one attached hydrogen (secondary N) is 1. The molecule has 4 heteroatoms. The first kappa shape index (κ1) is 11.7. The topological polar surface area (TPSA) is 37.8 Å². The molecule has 18 heavy (non-hydrogen) atoms. The van der Waals surface area contributed by atoms with Gasteiger partial charge in [0.1, 0.15) is 0 Å². The highest BCUT2D eigenvalue weighted by Gasteiger charge is 2.22. The van der Waals surface area contributed by atoms with Crippen LogP contribution in [-0.4, -0.2) is 16.0 Å². The average molecular weight is 304 g/mol. The Morgan fingerprint density at radius 1 is 1.22 bits per heavy atom. The summed E-state index contributed by atoms with van der Waals surface area (Å²) in [5, 5.41) is 3.31. The second-order valence-corrected chi connectivity index (χ2v) is 5.53. The van der Waals surface area contributed by atoms with Gasteiger partial charge in [0.25, 0.3) is 0 Å². The molecule has 1 fully saturated rings. The lowest BCUT2D eigenvalue weighted by Gasteiger charge is -2.08. The van der Waals surface area contributed by atoms with Crippen LogP contribution in [0.15, 0.2) is 34.9 Å². The zero-order valence-electron chi connectivity index (χ0n) is 10.2. The van der Waals surface area contributed by atoms with Crippen LogP contribution in [0.5, 0.6) is 0 Å². The van der Waals surface area contributed by atoms with Gasteiger partial charge in [-0.3, -0.25) is 0 Å². The van der Waals surface area contributed by atoms with Crippen LogP contribution < -0.4 is 5.32 Å². The molecule has 2 aromatic rings. The highest BCUT2D eigenvalue weighted by molar-refractivity contribution is 9.10. The Kier molecular flexibility index (Phi) is 3.04. The van der Waals surface area contributed by atoms with E-state index in [-0.39, 0.29) is 0 Å². The summed E-state index contributed by atoms with van der Waals surface area (Å²) in [5.41, 5.74) is 3.24. The fraction of sp³-hybridized carbons (Fsp3) is 0.286. The van der Waals surface area contributed by atoms with Crippen molar-refractivity contribution in [1.29, 1.82) is 0 Å². The molecule has 0 atom stereocenters. The van der Waals surface area contributed by atoms with Crippen LogP contribution >= 0.6 is 15.9 Å². The number of rotatable bonds is 3. The van der Waals surface area contributed by atoms with Gasteiger partial charge in [-0.25, -0.2) is 9.97 Å². The third kappa shape index (κ3) is 2.53. The molecule has 1 heterocycles. The monoisotopic (exact) mass is 303 g/mol. The molecular weight excluding hydrogens is 290 g/mol. The summed E-state index contributed by atoms with van der Waals surface area (Å²) in [6.07, 6.45) is 4.37. The number of anilines is 1. The van der Waals surface area contributed by atoms with Gasteiger partial charge in [0.15, 0.2) is 0 Å². The van der Waals surface area contributed by atoms with Gasteiger partial charge in [0.2, 0.25) is 5.95 Å². The van der Waals surface area contributed by atoms with Gasteiger partial charge in [0.05, 0.1) is 5.69 Å². The van der Waals surface area contributed by atoms with Crippen LogP contribution in [0.2, 0.25) is 0 Å². The maximum Gasteiger partial charge on any atom is 0.223 e. The molecule has 0 radical (unpaired) electrons. The summed E-state index contributed by atoms with van der Waals surface area (Å²) < 4.78 is 1.08. The lowest BCUT2D eigenvalue weighted by molar-refractivity contribution is 1.03. The third-order valence-corrected chi connectivity index (χ3v) is 3.57. The summed E-state index contributed by atoms with van der Waals surface area (Å²) >= 11 is 3.44. The van der Waals surface area contributed by atoms with E-state index in [4.69, 9.17) is 0 Å². The van der Waals surface area contributed by atoms with Crippen LogP contribution in [0.25, 0.3) is 11.1 Å². The van der Waals surface area contributed by atoms with Crippen molar-refractivity contribution in [2.45, 2.75) is 25.8 Å². The number of halogens is 1. The van der Waals surface area contributed by atoms with Gasteiger partial charge in [-0.05, 0) is 37.5 Å². The van der Waals surface area contributed by atoms with Crippen molar-refractivity contribution >= 4 is 21.9 Å². The van der Waals surface area contributed by atoms with Crippen LogP contribution in [0.4, 0.5) is 5.95 Å². The van der Waals surface area contributed by atoms with Crippen molar-refractivity contribution in [3.63, 3.8) is 0 Å². The van der Waals surface area contributed by atoms with Gasteiger partial charge >= 0.3 is 0 Å². The molecule has 0 bridgehead atoms. The quantitative estimate of drug-likeness (QED) is 0.937. The second-order valence-electron chi connectivity index (χ2n) is 4.62. The lowest BCUT2D eigenvalue weighted by Crippen LogP contribution is -2.06. The van der Waals surface area contributed by atoms with Crippen LogP contribution in [0.1, 0.15) is 18.5 Å². The van der Waals surface area contributed by atoms with Gasteiger partial charge in [0, 0.05) is 22.3 Å². The molecule has 1 aromatic heterocycles. The molecule has 3 nitrogen and oxygen atoms in total. The average Bonchev–Trinajstić information content (AvgIpc) is 3.15. The zero-order chi connectivity index (χ0) is 12.5. The smallest absolute Gasteiger partial charge is 0.223 e. The highest BCUT2D eigenvalue weighted by atomic mass is 79.9. The molecule has 3 rings (SSSR count). The molecule has 0 unspecified atom stereocenters. The summed E-state index contributed by atoms with van der Waals surface area (Å²) in [7, 11) is 0. The fourth-order valence-electron chi connectivity index (χ4n) is 1.86. The Morgan fingerprint density at radius 2 is 1.94 bits per heavy atom. The third-order valence-electron chi connectivity index (χ3n) is 3.05. The molecule has 1 saturated carbocycles. The van der Waals surface area contributed by atoms with E-state index in [1.165, 1.54) is 12.8 Å². The summed E-state index contributed by atoms with van der Waals surface area (Å²) in [5.74, 6) is 0.746. The van der Waals surface area contributed by atoms with Gasteiger partial charge < -0.3 is 5.32 Å². The Hall–Kier alpha value is -1.42. The van der Waals surface area contributed by atoms with E-state index in [0.717, 1.165) is 27.2 Å². The normalized spacial score (nSPS) is 14.6. The minimum Gasteiger partial charge on any atom is -0.351 e. The van der Waals surface area contributed by atoms with Crippen molar-refractivity contribution in [3.05, 3.63) is 40.6 Å². The van der Waals surface area contributed by atoms with E-state index in [0.29, 0.717) is 6.04 Å². The Morgan fingerprint density at radius 3 is 2.56 bits per heavy atom. The molecule has 0 amide bonds. The highest BCUT2D eigenvalue weighted by Crippen LogP contribution is 2.26. The zero-order valence-corrected chi connectivity index (χ0v) is 11.7. The molecule has 0 saturated heterocycles. The minimum atomic E-state index is 0.586. The first-order chi connectivity index (χ1) is 8.72. The number of aryl methyl sites for hydroxylation is 1. The first-order valence-corrected chi connectivity index (χ1v) is 6.88. The fourth-order valence-corrected chi connectivity index (χ4v) is 2.12. The maximum absolute atomic E-state index is 4.52. The molecule has 1 aliphatic carbocycles. The predicted molar refractivity (Wildman–Crippen MR) is 76.5 cm³/mol. The first-order valence-electron chi connectivity index (χ1n) is 6.08. The molecule has 0 aliphatic heterocycles. The van der Waals surface area contributed by atoms with Crippen molar-refractivity contribution in [2.24, 2.45) is 0 Å². The molecular formula is C14H14BrN3. The maximum atomic E-state index is 4.52. The van der Waals surface area contributed by atoms with Gasteiger partial charge in [-0.1, -0.05) is 28.1 Å². The summed E-state index contributed by atoms with van der Waals surface area (Å²) in [4.78, 5) is 8.90. The number of aromatic nitrogens is 2. The van der Waals surface area contributed by atoms with Crippen molar-refractivity contribution in [2.75, 3.05) is 5.32 Å². The van der Waals surface area contributed by atoms with Crippen molar-refractivity contribution in [3.8, 4) is 11.1 Å². The molecule has 1 aromatic carbocycles. The van der Waals surface area contributed by atoms with Crippen LogP contribution in [0.3, 0.4) is 0 Å². The van der Waals surface area contributed by atoms with Crippen molar-refractivity contribution < 1.29 is 0 Å². The number of hydrogen-bond acceptors (Lipinski definition) is 3. The summed E-state index contributed by atoms with van der Waals surface area (Å²) in [6, 6.07) is 8.80. The molecule has 0 spiro atoms. The summed E-state index contributed by atoms with van der Waals surface area (Å²) in [6.45, 7) is 2.02. The Balaban J connectivity index is 1.89. The van der Waals surface area contributed by atoms with E-state index in [1.54, 1.807) is 0 Å². The largest absolute Gasteiger partial charge is 0.351 e. The second kappa shape index (κ2) is 4.69. The Bertz CT molecular complexity index is 562. The van der Waals surface area contributed by atoms with E-state index in [1.807, 2.05) is 25.3 Å². The van der Waals surface area contributed by atoms with Gasteiger partial charge in [-0.2, -0.15) is 0 Å².